The second-order valence-corrected chi connectivity index (χ2v) is 7.89. The molecular formula is C26H23ClN2O3. The Labute approximate surface area is 192 Å². The summed E-state index contributed by atoms with van der Waals surface area (Å²) in [7, 11) is 0. The van der Waals surface area contributed by atoms with Gasteiger partial charge in [-0.15, -0.1) is 0 Å². The summed E-state index contributed by atoms with van der Waals surface area (Å²) in [5.41, 5.74) is 3.64. The van der Waals surface area contributed by atoms with E-state index in [1.807, 2.05) is 56.3 Å². The van der Waals surface area contributed by atoms with Crippen molar-refractivity contribution in [2.75, 3.05) is 11.9 Å². The summed E-state index contributed by atoms with van der Waals surface area (Å²) in [6.07, 6.45) is 0. The van der Waals surface area contributed by atoms with Crippen LogP contribution in [0, 0.1) is 6.92 Å². The largest absolute Gasteiger partial charge is 0.494 e. The van der Waals surface area contributed by atoms with Crippen LogP contribution in [0.4, 0.5) is 5.69 Å². The van der Waals surface area contributed by atoms with E-state index in [2.05, 4.69) is 5.32 Å². The number of anilines is 1. The molecule has 1 N–H and O–H groups in total. The zero-order valence-corrected chi connectivity index (χ0v) is 18.6. The zero-order valence-electron chi connectivity index (χ0n) is 17.9. The van der Waals surface area contributed by atoms with Crippen LogP contribution in [0.5, 0.6) is 5.75 Å². The third-order valence-electron chi connectivity index (χ3n) is 5.25. The first-order valence-electron chi connectivity index (χ1n) is 10.4. The molecule has 3 aromatic rings. The van der Waals surface area contributed by atoms with Crippen LogP contribution in [0.1, 0.15) is 23.6 Å². The highest BCUT2D eigenvalue weighted by Crippen LogP contribution is 2.33. The molecule has 2 amide bonds. The van der Waals surface area contributed by atoms with E-state index in [4.69, 9.17) is 16.3 Å². The minimum absolute atomic E-state index is 0.193. The molecule has 1 aliphatic heterocycles. The van der Waals surface area contributed by atoms with Crippen LogP contribution in [0.2, 0.25) is 5.02 Å². The van der Waals surface area contributed by atoms with Gasteiger partial charge in [-0.1, -0.05) is 60.1 Å². The normalized spacial score (nSPS) is 13.7. The number of amides is 2. The van der Waals surface area contributed by atoms with Crippen molar-refractivity contribution in [3.63, 3.8) is 0 Å². The Bertz CT molecular complexity index is 1190. The molecule has 0 aromatic heterocycles. The summed E-state index contributed by atoms with van der Waals surface area (Å²) in [6, 6.07) is 22.1. The number of ether oxygens (including phenoxy) is 1. The number of benzene rings is 3. The first-order chi connectivity index (χ1) is 15.5. The third-order valence-corrected chi connectivity index (χ3v) is 5.65. The van der Waals surface area contributed by atoms with Crippen molar-refractivity contribution < 1.29 is 14.3 Å². The van der Waals surface area contributed by atoms with E-state index < -0.39 is 0 Å². The molecule has 1 heterocycles. The molecule has 4 rings (SSSR count). The lowest BCUT2D eigenvalue weighted by Gasteiger charge is -2.15. The molecule has 0 bridgehead atoms. The number of hydrogen-bond acceptors (Lipinski definition) is 4. The zero-order chi connectivity index (χ0) is 22.7. The smallest absolute Gasteiger partial charge is 0.278 e. The Hall–Kier alpha value is -3.57. The van der Waals surface area contributed by atoms with Crippen LogP contribution in [-0.2, 0) is 16.1 Å². The van der Waals surface area contributed by atoms with Gasteiger partial charge in [0.15, 0.2) is 0 Å². The van der Waals surface area contributed by atoms with E-state index in [0.29, 0.717) is 34.2 Å². The van der Waals surface area contributed by atoms with Crippen LogP contribution in [0.3, 0.4) is 0 Å². The van der Waals surface area contributed by atoms with Gasteiger partial charge < -0.3 is 10.1 Å². The molecule has 0 aliphatic carbocycles. The molecule has 0 fully saturated rings. The number of nitrogens with zero attached hydrogens (tertiary/aromatic N) is 1. The molecule has 0 radical (unpaired) electrons. The van der Waals surface area contributed by atoms with Crippen LogP contribution >= 0.6 is 11.6 Å². The summed E-state index contributed by atoms with van der Waals surface area (Å²) in [5, 5.41) is 3.72. The molecule has 0 atom stereocenters. The van der Waals surface area contributed by atoms with Crippen molar-refractivity contribution in [2.45, 2.75) is 20.4 Å². The molecule has 0 spiro atoms. The van der Waals surface area contributed by atoms with E-state index in [-0.39, 0.29) is 24.1 Å². The second kappa shape index (κ2) is 9.28. The lowest BCUT2D eigenvalue weighted by Crippen LogP contribution is -2.31. The van der Waals surface area contributed by atoms with Gasteiger partial charge in [0.2, 0.25) is 0 Å². The lowest BCUT2D eigenvalue weighted by atomic mass is 10.0. The highest BCUT2D eigenvalue weighted by Gasteiger charge is 2.39. The molecule has 6 heteroatoms. The van der Waals surface area contributed by atoms with Gasteiger partial charge in [0.25, 0.3) is 11.8 Å². The average Bonchev–Trinajstić information content (AvgIpc) is 3.02. The minimum Gasteiger partial charge on any atom is -0.494 e. The van der Waals surface area contributed by atoms with Crippen LogP contribution in [0.15, 0.2) is 78.5 Å². The van der Waals surface area contributed by atoms with Crippen LogP contribution in [0.25, 0.3) is 5.57 Å². The molecule has 162 valence electrons. The summed E-state index contributed by atoms with van der Waals surface area (Å²) >= 11 is 6.27. The molecule has 3 aromatic carbocycles. The van der Waals surface area contributed by atoms with Crippen molar-refractivity contribution in [3.05, 3.63) is 100 Å². The predicted molar refractivity (Wildman–Crippen MR) is 126 cm³/mol. The van der Waals surface area contributed by atoms with Gasteiger partial charge in [0.05, 0.1) is 18.7 Å². The molecule has 5 nitrogen and oxygen atoms in total. The maximum atomic E-state index is 13.4. The fourth-order valence-corrected chi connectivity index (χ4v) is 3.75. The standard InChI is InChI=1S/C26H23ClN2O3/c1-3-32-21-13-10-19(11-14-21)23-24(28-20-12-9-17(2)22(27)15-20)26(31)29(25(23)30)16-18-7-5-4-6-8-18/h4-15,28H,3,16H2,1-2H3. The number of carbonyl (C=O) groups excluding carboxylic acids is 2. The number of imide groups is 1. The van der Waals surface area contributed by atoms with Gasteiger partial charge in [0, 0.05) is 10.7 Å². The number of nitrogens with one attached hydrogen (secondary N) is 1. The van der Waals surface area contributed by atoms with Gasteiger partial charge in [0.1, 0.15) is 11.4 Å². The maximum Gasteiger partial charge on any atom is 0.278 e. The van der Waals surface area contributed by atoms with E-state index in [9.17, 15) is 9.59 Å². The van der Waals surface area contributed by atoms with Crippen molar-refractivity contribution in [2.24, 2.45) is 0 Å². The van der Waals surface area contributed by atoms with Crippen molar-refractivity contribution >= 4 is 34.7 Å². The Morgan fingerprint density at radius 2 is 1.66 bits per heavy atom. The molecule has 1 aliphatic rings. The number of carbonyl (C=O) groups is 2. The van der Waals surface area contributed by atoms with Gasteiger partial charge in [-0.25, -0.2) is 0 Å². The van der Waals surface area contributed by atoms with Crippen LogP contribution in [-0.4, -0.2) is 23.3 Å². The van der Waals surface area contributed by atoms with E-state index >= 15 is 0 Å². The Kier molecular flexibility index (Phi) is 6.28. The Balaban J connectivity index is 1.73. The predicted octanol–water partition coefficient (Wildman–Crippen LogP) is 5.44. The first-order valence-corrected chi connectivity index (χ1v) is 10.8. The molecule has 0 saturated heterocycles. The summed E-state index contributed by atoms with van der Waals surface area (Å²) in [5.74, 6) is -0.0160. The lowest BCUT2D eigenvalue weighted by molar-refractivity contribution is -0.137. The summed E-state index contributed by atoms with van der Waals surface area (Å²) in [4.78, 5) is 28.0. The number of aryl methyl sites for hydroxylation is 1. The summed E-state index contributed by atoms with van der Waals surface area (Å²) < 4.78 is 5.51. The monoisotopic (exact) mass is 446 g/mol. The average molecular weight is 447 g/mol. The van der Waals surface area contributed by atoms with Crippen molar-refractivity contribution in [1.82, 2.24) is 4.90 Å². The van der Waals surface area contributed by atoms with Crippen molar-refractivity contribution in [3.8, 4) is 5.75 Å². The molecule has 0 saturated carbocycles. The van der Waals surface area contributed by atoms with Gasteiger partial charge in [-0.05, 0) is 54.8 Å². The minimum atomic E-state index is -0.376. The Morgan fingerprint density at radius 3 is 2.31 bits per heavy atom. The number of rotatable bonds is 7. The first kappa shape index (κ1) is 21.7. The van der Waals surface area contributed by atoms with E-state index in [0.717, 1.165) is 11.1 Å². The highest BCUT2D eigenvalue weighted by atomic mass is 35.5. The quantitative estimate of drug-likeness (QED) is 0.491. The SMILES string of the molecule is CCOc1ccc(C2=C(Nc3ccc(C)c(Cl)c3)C(=O)N(Cc3ccccc3)C2=O)cc1. The Morgan fingerprint density at radius 1 is 0.938 bits per heavy atom. The molecular weight excluding hydrogens is 424 g/mol. The molecule has 32 heavy (non-hydrogen) atoms. The second-order valence-electron chi connectivity index (χ2n) is 7.48. The number of hydrogen-bond donors (Lipinski definition) is 1. The van der Waals surface area contributed by atoms with E-state index in [1.54, 1.807) is 30.3 Å². The van der Waals surface area contributed by atoms with Crippen LogP contribution < -0.4 is 10.1 Å². The maximum absolute atomic E-state index is 13.4. The fourth-order valence-electron chi connectivity index (χ4n) is 3.57. The topological polar surface area (TPSA) is 58.6 Å². The fraction of sp³-hybridized carbons (Fsp3) is 0.154. The van der Waals surface area contributed by atoms with Crippen molar-refractivity contribution in [1.29, 1.82) is 0 Å². The number of halogens is 1. The highest BCUT2D eigenvalue weighted by molar-refractivity contribution is 6.36. The third kappa shape index (κ3) is 4.39. The van der Waals surface area contributed by atoms with E-state index in [1.165, 1.54) is 4.90 Å². The summed E-state index contributed by atoms with van der Waals surface area (Å²) in [6.45, 7) is 4.55. The molecule has 0 unspecified atom stereocenters. The van der Waals surface area contributed by atoms with Gasteiger partial charge >= 0.3 is 0 Å². The van der Waals surface area contributed by atoms with Gasteiger partial charge in [-0.3, -0.25) is 14.5 Å². The van der Waals surface area contributed by atoms with Gasteiger partial charge in [-0.2, -0.15) is 0 Å².